The van der Waals surface area contributed by atoms with Crippen molar-refractivity contribution in [2.24, 2.45) is 0 Å². The predicted octanol–water partition coefficient (Wildman–Crippen LogP) is 8.17. The van der Waals surface area contributed by atoms with Crippen molar-refractivity contribution in [2.75, 3.05) is 0 Å². The molecule has 39 heavy (non-hydrogen) atoms. The number of aromatic nitrogens is 3. The zero-order chi connectivity index (χ0) is 28.5. The van der Waals surface area contributed by atoms with E-state index >= 15 is 0 Å². The van der Waals surface area contributed by atoms with Gasteiger partial charge in [-0.25, -0.2) is 4.98 Å². The Labute approximate surface area is 251 Å². The summed E-state index contributed by atoms with van der Waals surface area (Å²) in [6.07, 6.45) is 4.01. The van der Waals surface area contributed by atoms with Crippen molar-refractivity contribution in [2.45, 2.75) is 51.9 Å². The van der Waals surface area contributed by atoms with Crippen LogP contribution in [0, 0.1) is 0 Å². The van der Waals surface area contributed by atoms with Crippen LogP contribution < -0.4 is 5.32 Å². The summed E-state index contributed by atoms with van der Waals surface area (Å²) in [6.45, 7) is 10.1. The molecular formula is C28H29BrCl2N4O2SSi. The average molecular weight is 665 g/mol. The summed E-state index contributed by atoms with van der Waals surface area (Å²) in [4.78, 5) is 30.8. The Hall–Kier alpha value is -2.14. The smallest absolute Gasteiger partial charge is 0.270 e. The first-order valence-electron chi connectivity index (χ1n) is 12.3. The Bertz CT molecular complexity index is 1560. The number of amides is 1. The van der Waals surface area contributed by atoms with E-state index in [1.807, 2.05) is 58.1 Å². The van der Waals surface area contributed by atoms with E-state index in [-0.39, 0.29) is 18.1 Å². The van der Waals surface area contributed by atoms with Crippen LogP contribution in [0.3, 0.4) is 0 Å². The molecule has 3 aromatic heterocycles. The maximum Gasteiger partial charge on any atom is 0.270 e. The fourth-order valence-electron chi connectivity index (χ4n) is 4.03. The van der Waals surface area contributed by atoms with E-state index < -0.39 is 13.4 Å². The highest BCUT2D eigenvalue weighted by Crippen LogP contribution is 2.41. The molecule has 0 aliphatic rings. The highest BCUT2D eigenvalue weighted by atomic mass is 79.9. The standard InChI is InChI=1S/C28H29BrCl2N4O2SSi/c1-16(23-6-7-24(29)38-23)10-22-20-8-9-33-35-25(20)21(14-28(2,3)39(4,5)37)26(34-22)27(36)32-15-17-11-18(30)13-19(31)12-17/h6-13,37H,14-15H2,1-5H3,(H,32,36)/b16-10-. The minimum absolute atomic E-state index is 0.218. The molecule has 0 atom stereocenters. The van der Waals surface area contributed by atoms with Crippen LogP contribution in [0.1, 0.15) is 53.0 Å². The molecule has 4 rings (SSSR count). The largest absolute Gasteiger partial charge is 0.432 e. The number of nitrogens with zero attached hydrogens (tertiary/aromatic N) is 3. The van der Waals surface area contributed by atoms with Gasteiger partial charge in [-0.3, -0.25) is 4.79 Å². The summed E-state index contributed by atoms with van der Waals surface area (Å²) in [5, 5.41) is 12.9. The number of allylic oxidation sites excluding steroid dienone is 1. The Morgan fingerprint density at radius 2 is 1.87 bits per heavy atom. The van der Waals surface area contributed by atoms with Gasteiger partial charge in [0, 0.05) is 32.4 Å². The van der Waals surface area contributed by atoms with Crippen molar-refractivity contribution in [3.8, 4) is 0 Å². The number of carbonyl (C=O) groups excluding carboxylic acids is 1. The third-order valence-electron chi connectivity index (χ3n) is 6.98. The predicted molar refractivity (Wildman–Crippen MR) is 168 cm³/mol. The second-order valence-electron chi connectivity index (χ2n) is 10.6. The summed E-state index contributed by atoms with van der Waals surface area (Å²) in [7, 11) is -2.63. The van der Waals surface area contributed by atoms with Gasteiger partial charge in [-0.15, -0.1) is 11.3 Å². The van der Waals surface area contributed by atoms with E-state index in [1.54, 1.807) is 35.7 Å². The second kappa shape index (κ2) is 11.8. The first kappa shape index (κ1) is 29.8. The van der Waals surface area contributed by atoms with E-state index in [9.17, 15) is 9.59 Å². The van der Waals surface area contributed by atoms with Crippen molar-refractivity contribution < 1.29 is 9.59 Å². The molecule has 0 unspecified atom stereocenters. The number of rotatable bonds is 8. The first-order chi connectivity index (χ1) is 18.2. The monoisotopic (exact) mass is 662 g/mol. The van der Waals surface area contributed by atoms with E-state index in [2.05, 4.69) is 31.4 Å². The summed E-state index contributed by atoms with van der Waals surface area (Å²) >= 11 is 17.5. The number of benzene rings is 1. The van der Waals surface area contributed by atoms with Crippen LogP contribution in [0.15, 0.2) is 46.4 Å². The maximum absolute atomic E-state index is 13.7. The molecule has 204 valence electrons. The van der Waals surface area contributed by atoms with Crippen molar-refractivity contribution >= 4 is 87.2 Å². The van der Waals surface area contributed by atoms with E-state index in [0.717, 1.165) is 25.2 Å². The average Bonchev–Trinajstić information content (AvgIpc) is 3.29. The Kier molecular flexibility index (Phi) is 9.00. The number of nitrogens with one attached hydrogen (secondary N) is 1. The summed E-state index contributed by atoms with van der Waals surface area (Å²) < 4.78 is 1.03. The SMILES string of the molecule is C/C(=C/c1nc(C(=O)NCc2cc(Cl)cc(Cl)c2)c(CC(C)(C)[Si](C)(C)O)c2nnccc12)c1ccc(Br)s1. The first-order valence-corrected chi connectivity index (χ1v) is 17.6. The maximum atomic E-state index is 13.7. The fraction of sp³-hybridized carbons (Fsp3) is 0.286. The number of fused-ring (bicyclic) bond motifs is 1. The minimum Gasteiger partial charge on any atom is -0.432 e. The van der Waals surface area contributed by atoms with Gasteiger partial charge in [0.05, 0.1) is 15.7 Å². The Morgan fingerprint density at radius 1 is 1.18 bits per heavy atom. The van der Waals surface area contributed by atoms with Gasteiger partial charge in [-0.1, -0.05) is 37.0 Å². The van der Waals surface area contributed by atoms with E-state index in [1.165, 1.54) is 0 Å². The summed E-state index contributed by atoms with van der Waals surface area (Å²) in [5.41, 5.74) is 3.92. The van der Waals surface area contributed by atoms with Crippen LogP contribution in [0.25, 0.3) is 22.6 Å². The van der Waals surface area contributed by atoms with Crippen LogP contribution in [0.4, 0.5) is 0 Å². The lowest BCUT2D eigenvalue weighted by Gasteiger charge is -2.35. The van der Waals surface area contributed by atoms with Crippen LogP contribution in [-0.4, -0.2) is 34.2 Å². The van der Waals surface area contributed by atoms with Crippen molar-refractivity contribution in [1.82, 2.24) is 20.5 Å². The van der Waals surface area contributed by atoms with Gasteiger partial charge in [0.15, 0.2) is 8.32 Å². The highest BCUT2D eigenvalue weighted by molar-refractivity contribution is 9.11. The number of hydrogen-bond donors (Lipinski definition) is 2. The van der Waals surface area contributed by atoms with Gasteiger partial charge in [0.2, 0.25) is 0 Å². The number of halogens is 3. The lowest BCUT2D eigenvalue weighted by molar-refractivity contribution is 0.0944. The van der Waals surface area contributed by atoms with E-state index in [4.69, 9.17) is 28.2 Å². The van der Waals surface area contributed by atoms with Crippen LogP contribution in [0.2, 0.25) is 28.2 Å². The molecule has 0 aliphatic carbocycles. The molecule has 1 amide bonds. The minimum atomic E-state index is -2.63. The van der Waals surface area contributed by atoms with Gasteiger partial charge in [-0.05, 0) is 101 Å². The third-order valence-corrected chi connectivity index (χ3v) is 12.7. The molecule has 2 N–H and O–H groups in total. The number of carbonyl (C=O) groups is 1. The van der Waals surface area contributed by atoms with Crippen molar-refractivity contribution in [1.29, 1.82) is 0 Å². The molecule has 0 radical (unpaired) electrons. The third kappa shape index (κ3) is 6.96. The molecule has 4 aromatic rings. The van der Waals surface area contributed by atoms with Gasteiger partial charge < -0.3 is 10.1 Å². The van der Waals surface area contributed by atoms with Gasteiger partial charge in [0.25, 0.3) is 5.91 Å². The topological polar surface area (TPSA) is 88.0 Å². The highest BCUT2D eigenvalue weighted by Gasteiger charge is 2.40. The molecule has 0 saturated heterocycles. The zero-order valence-corrected chi connectivity index (χ0v) is 27.2. The van der Waals surface area contributed by atoms with Crippen molar-refractivity contribution in [3.63, 3.8) is 0 Å². The normalized spacial score (nSPS) is 12.7. The fourth-order valence-corrected chi connectivity index (χ4v) is 6.56. The lowest BCUT2D eigenvalue weighted by atomic mass is 9.96. The molecule has 0 spiro atoms. The van der Waals surface area contributed by atoms with Crippen LogP contribution in [0.5, 0.6) is 0 Å². The van der Waals surface area contributed by atoms with Crippen LogP contribution >= 0.6 is 50.5 Å². The van der Waals surface area contributed by atoms with Gasteiger partial charge in [-0.2, -0.15) is 10.2 Å². The van der Waals surface area contributed by atoms with Crippen LogP contribution in [-0.2, 0) is 13.0 Å². The second-order valence-corrected chi connectivity index (χ2v) is 18.4. The van der Waals surface area contributed by atoms with Gasteiger partial charge >= 0.3 is 0 Å². The quantitative estimate of drug-likeness (QED) is 0.186. The molecule has 0 aliphatic heterocycles. The molecule has 0 bridgehead atoms. The molecule has 0 saturated carbocycles. The molecule has 3 heterocycles. The number of thiophene rings is 1. The van der Waals surface area contributed by atoms with Gasteiger partial charge in [0.1, 0.15) is 11.2 Å². The molecule has 6 nitrogen and oxygen atoms in total. The van der Waals surface area contributed by atoms with Crippen molar-refractivity contribution in [3.05, 3.63) is 83.8 Å². The Morgan fingerprint density at radius 3 is 2.49 bits per heavy atom. The number of hydrogen-bond acceptors (Lipinski definition) is 6. The number of pyridine rings is 1. The molecule has 0 fully saturated rings. The zero-order valence-electron chi connectivity index (χ0n) is 22.3. The summed E-state index contributed by atoms with van der Waals surface area (Å²) in [5.74, 6) is -0.354. The molecular weight excluding hydrogens is 635 g/mol. The lowest BCUT2D eigenvalue weighted by Crippen LogP contribution is -2.41. The summed E-state index contributed by atoms with van der Waals surface area (Å²) in [6, 6.07) is 11.1. The van der Waals surface area contributed by atoms with E-state index in [0.29, 0.717) is 33.2 Å². The molecule has 11 heteroatoms. The molecule has 1 aromatic carbocycles. The Balaban J connectivity index is 1.85.